The Bertz CT molecular complexity index is 470. The van der Waals surface area contributed by atoms with Gasteiger partial charge in [0.1, 0.15) is 17.5 Å². The van der Waals surface area contributed by atoms with Crippen molar-refractivity contribution in [3.63, 3.8) is 0 Å². The van der Waals surface area contributed by atoms with Gasteiger partial charge in [0, 0.05) is 31.6 Å². The van der Waals surface area contributed by atoms with Gasteiger partial charge in [0.15, 0.2) is 0 Å². The van der Waals surface area contributed by atoms with E-state index in [1.54, 1.807) is 0 Å². The molecule has 2 heterocycles. The zero-order chi connectivity index (χ0) is 14.7. The van der Waals surface area contributed by atoms with Crippen molar-refractivity contribution >= 4 is 11.6 Å². The van der Waals surface area contributed by atoms with Crippen LogP contribution < -0.4 is 10.2 Å². The molecule has 3 rings (SSSR count). The molecular formula is C17H28N4. The molecule has 1 aromatic heterocycles. The molecule has 1 N–H and O–H groups in total. The number of aromatic nitrogens is 2. The Labute approximate surface area is 128 Å². The molecule has 0 bridgehead atoms. The maximum atomic E-state index is 4.87. The third-order valence-electron chi connectivity index (χ3n) is 4.57. The van der Waals surface area contributed by atoms with Crippen LogP contribution in [0.3, 0.4) is 0 Å². The smallest absolute Gasteiger partial charge is 0.136 e. The van der Waals surface area contributed by atoms with Gasteiger partial charge in [-0.1, -0.05) is 13.8 Å². The van der Waals surface area contributed by atoms with E-state index in [9.17, 15) is 0 Å². The Morgan fingerprint density at radius 3 is 2.81 bits per heavy atom. The lowest BCUT2D eigenvalue weighted by Gasteiger charge is -2.23. The van der Waals surface area contributed by atoms with Gasteiger partial charge in [-0.3, -0.25) is 0 Å². The fourth-order valence-corrected chi connectivity index (χ4v) is 2.97. The van der Waals surface area contributed by atoms with E-state index < -0.39 is 0 Å². The molecule has 2 aliphatic rings. The monoisotopic (exact) mass is 288 g/mol. The predicted octanol–water partition coefficient (Wildman–Crippen LogP) is 3.80. The van der Waals surface area contributed by atoms with Crippen LogP contribution in [0.15, 0.2) is 6.07 Å². The highest BCUT2D eigenvalue weighted by molar-refractivity contribution is 5.50. The van der Waals surface area contributed by atoms with Gasteiger partial charge in [-0.15, -0.1) is 0 Å². The van der Waals surface area contributed by atoms with E-state index in [2.05, 4.69) is 30.1 Å². The molecule has 4 heteroatoms. The average Bonchev–Trinajstić information content (AvgIpc) is 3.32. The summed E-state index contributed by atoms with van der Waals surface area (Å²) in [4.78, 5) is 12.1. The van der Waals surface area contributed by atoms with Gasteiger partial charge in [-0.05, 0) is 44.4 Å². The van der Waals surface area contributed by atoms with Gasteiger partial charge < -0.3 is 10.2 Å². The second kappa shape index (κ2) is 6.63. The van der Waals surface area contributed by atoms with Gasteiger partial charge in [0.05, 0.1) is 0 Å². The fourth-order valence-electron chi connectivity index (χ4n) is 2.97. The zero-order valence-corrected chi connectivity index (χ0v) is 13.4. The van der Waals surface area contributed by atoms with Crippen LogP contribution in [0.5, 0.6) is 0 Å². The first-order valence-corrected chi connectivity index (χ1v) is 8.64. The number of hydrogen-bond donors (Lipinski definition) is 1. The van der Waals surface area contributed by atoms with Crippen LogP contribution in [0.4, 0.5) is 11.6 Å². The molecule has 0 aromatic carbocycles. The van der Waals surface area contributed by atoms with Crippen molar-refractivity contribution in [1.29, 1.82) is 0 Å². The Hall–Kier alpha value is -1.32. The highest BCUT2D eigenvalue weighted by Gasteiger charge is 2.28. The van der Waals surface area contributed by atoms with Gasteiger partial charge in [-0.2, -0.15) is 0 Å². The van der Waals surface area contributed by atoms with E-state index in [0.29, 0.717) is 5.92 Å². The van der Waals surface area contributed by atoms with Gasteiger partial charge in [-0.25, -0.2) is 9.97 Å². The third-order valence-corrected chi connectivity index (χ3v) is 4.57. The van der Waals surface area contributed by atoms with Gasteiger partial charge in [0.2, 0.25) is 0 Å². The topological polar surface area (TPSA) is 41.0 Å². The molecule has 0 amide bonds. The first kappa shape index (κ1) is 14.6. The number of nitrogens with zero attached hydrogens (tertiary/aromatic N) is 3. The summed E-state index contributed by atoms with van der Waals surface area (Å²) in [5.74, 6) is 4.67. The molecule has 1 saturated carbocycles. The molecule has 0 radical (unpaired) electrons. The van der Waals surface area contributed by atoms with Crippen molar-refractivity contribution in [1.82, 2.24) is 9.97 Å². The van der Waals surface area contributed by atoms with E-state index in [1.165, 1.54) is 32.1 Å². The molecule has 116 valence electrons. The maximum absolute atomic E-state index is 4.87. The average molecular weight is 288 g/mol. The molecule has 21 heavy (non-hydrogen) atoms. The van der Waals surface area contributed by atoms with Crippen LogP contribution in [0.2, 0.25) is 0 Å². The molecule has 1 aliphatic carbocycles. The van der Waals surface area contributed by atoms with Crippen LogP contribution >= 0.6 is 0 Å². The van der Waals surface area contributed by atoms with Crippen LogP contribution in [0.25, 0.3) is 0 Å². The minimum atomic E-state index is 0.609. The lowest BCUT2D eigenvalue weighted by Crippen LogP contribution is -2.26. The molecule has 1 aromatic rings. The maximum Gasteiger partial charge on any atom is 0.136 e. The summed E-state index contributed by atoms with van der Waals surface area (Å²) < 4.78 is 0. The highest BCUT2D eigenvalue weighted by Crippen LogP contribution is 2.39. The summed E-state index contributed by atoms with van der Waals surface area (Å²) in [6, 6.07) is 2.15. The minimum Gasteiger partial charge on any atom is -0.370 e. The molecule has 2 fully saturated rings. The molecule has 0 spiro atoms. The van der Waals surface area contributed by atoms with Crippen LogP contribution in [0, 0.1) is 5.92 Å². The van der Waals surface area contributed by atoms with Gasteiger partial charge >= 0.3 is 0 Å². The molecular weight excluding hydrogens is 260 g/mol. The van der Waals surface area contributed by atoms with E-state index in [4.69, 9.17) is 9.97 Å². The Morgan fingerprint density at radius 2 is 2.05 bits per heavy atom. The second-order valence-electron chi connectivity index (χ2n) is 6.69. The number of nitrogens with one attached hydrogen (secondary N) is 1. The van der Waals surface area contributed by atoms with E-state index in [1.807, 2.05) is 0 Å². The SMILES string of the molecule is CCCNc1cc(N2CCCC(C)CC2)nc(C2CC2)n1. The minimum absolute atomic E-state index is 0.609. The van der Waals surface area contributed by atoms with E-state index >= 15 is 0 Å². The molecule has 1 atom stereocenters. The van der Waals surface area contributed by atoms with Crippen molar-refractivity contribution in [2.24, 2.45) is 5.92 Å². The van der Waals surface area contributed by atoms with Crippen molar-refractivity contribution in [2.75, 3.05) is 29.9 Å². The summed E-state index contributed by atoms with van der Waals surface area (Å²) in [5, 5.41) is 3.44. The third kappa shape index (κ3) is 3.86. The van der Waals surface area contributed by atoms with Gasteiger partial charge in [0.25, 0.3) is 0 Å². The number of hydrogen-bond acceptors (Lipinski definition) is 4. The first-order valence-electron chi connectivity index (χ1n) is 8.64. The summed E-state index contributed by atoms with van der Waals surface area (Å²) in [6.07, 6.45) is 7.54. The molecule has 4 nitrogen and oxygen atoms in total. The number of rotatable bonds is 5. The lowest BCUT2D eigenvalue weighted by molar-refractivity contribution is 0.521. The summed E-state index contributed by atoms with van der Waals surface area (Å²) in [7, 11) is 0. The van der Waals surface area contributed by atoms with E-state index in [-0.39, 0.29) is 0 Å². The second-order valence-corrected chi connectivity index (χ2v) is 6.69. The largest absolute Gasteiger partial charge is 0.370 e. The fraction of sp³-hybridized carbons (Fsp3) is 0.765. The quantitative estimate of drug-likeness (QED) is 0.894. The van der Waals surface area contributed by atoms with Crippen molar-refractivity contribution in [3.8, 4) is 0 Å². The zero-order valence-electron chi connectivity index (χ0n) is 13.4. The van der Waals surface area contributed by atoms with E-state index in [0.717, 1.165) is 49.4 Å². The lowest BCUT2D eigenvalue weighted by atomic mass is 10.0. The summed E-state index contributed by atoms with van der Waals surface area (Å²) >= 11 is 0. The van der Waals surface area contributed by atoms with Crippen molar-refractivity contribution in [2.45, 2.75) is 58.3 Å². The van der Waals surface area contributed by atoms with Crippen molar-refractivity contribution < 1.29 is 0 Å². The van der Waals surface area contributed by atoms with Crippen LogP contribution in [0.1, 0.15) is 64.1 Å². The number of anilines is 2. The van der Waals surface area contributed by atoms with Crippen molar-refractivity contribution in [3.05, 3.63) is 11.9 Å². The normalized spacial score (nSPS) is 23.0. The Balaban J connectivity index is 1.80. The van der Waals surface area contributed by atoms with Crippen LogP contribution in [-0.4, -0.2) is 29.6 Å². The predicted molar refractivity (Wildman–Crippen MR) is 88.0 cm³/mol. The Kier molecular flexibility index (Phi) is 4.61. The molecule has 1 aliphatic heterocycles. The molecule has 1 saturated heterocycles. The summed E-state index contributed by atoms with van der Waals surface area (Å²) in [6.45, 7) is 7.81. The Morgan fingerprint density at radius 1 is 1.19 bits per heavy atom. The molecule has 1 unspecified atom stereocenters. The summed E-state index contributed by atoms with van der Waals surface area (Å²) in [5.41, 5.74) is 0. The standard InChI is InChI=1S/C17H28N4/c1-3-9-18-15-12-16(20-17(19-15)14-6-7-14)21-10-4-5-13(2)8-11-21/h12-14H,3-11H2,1-2H3,(H,18,19,20). The highest BCUT2D eigenvalue weighted by atomic mass is 15.2. The first-order chi connectivity index (χ1) is 10.3. The van der Waals surface area contributed by atoms with Crippen LogP contribution in [-0.2, 0) is 0 Å².